The van der Waals surface area contributed by atoms with Gasteiger partial charge >= 0.3 is 6.03 Å². The van der Waals surface area contributed by atoms with E-state index in [-0.39, 0.29) is 18.0 Å². The fraction of sp³-hybridized carbons (Fsp3) is 0.500. The fourth-order valence-corrected chi connectivity index (χ4v) is 4.03. The van der Waals surface area contributed by atoms with Crippen LogP contribution in [0.4, 0.5) is 9.18 Å². The van der Waals surface area contributed by atoms with E-state index in [0.717, 1.165) is 29.4 Å². The summed E-state index contributed by atoms with van der Waals surface area (Å²) in [6.07, 6.45) is 1.01. The highest BCUT2D eigenvalue weighted by atomic mass is 35.5. The quantitative estimate of drug-likeness (QED) is 0.817. The van der Waals surface area contributed by atoms with Gasteiger partial charge in [-0.05, 0) is 43.5 Å². The molecule has 1 saturated heterocycles. The standard InChI is InChI=1S/C20H24ClFN4O2/c1-25(15-3-2-6-26(11-15)19(27)16-9-17(16)22)20(28)23-10-14-8-12-7-13(21)4-5-18(12)24-14/h4-5,7-8,15-17,24H,2-3,6,9-11H2,1H3,(H,23,28). The number of hydrogen-bond acceptors (Lipinski definition) is 2. The van der Waals surface area contributed by atoms with Gasteiger partial charge < -0.3 is 20.1 Å². The van der Waals surface area contributed by atoms with E-state index >= 15 is 0 Å². The van der Waals surface area contributed by atoms with Crippen LogP contribution in [0.5, 0.6) is 0 Å². The van der Waals surface area contributed by atoms with Crippen molar-refractivity contribution in [3.8, 4) is 0 Å². The molecule has 4 rings (SSSR count). The van der Waals surface area contributed by atoms with Crippen molar-refractivity contribution in [2.24, 2.45) is 5.92 Å². The van der Waals surface area contributed by atoms with Crippen LogP contribution in [0.25, 0.3) is 10.9 Å². The second-order valence-electron chi connectivity index (χ2n) is 7.73. The maximum Gasteiger partial charge on any atom is 0.317 e. The van der Waals surface area contributed by atoms with Crippen molar-refractivity contribution in [2.75, 3.05) is 20.1 Å². The zero-order valence-corrected chi connectivity index (χ0v) is 16.5. The third kappa shape index (κ3) is 3.94. The van der Waals surface area contributed by atoms with Crippen LogP contribution in [0.2, 0.25) is 5.02 Å². The summed E-state index contributed by atoms with van der Waals surface area (Å²) in [4.78, 5) is 31.5. The smallest absolute Gasteiger partial charge is 0.317 e. The maximum absolute atomic E-state index is 13.2. The van der Waals surface area contributed by atoms with E-state index in [1.165, 1.54) is 0 Å². The first-order valence-corrected chi connectivity index (χ1v) is 10.0. The van der Waals surface area contributed by atoms with Gasteiger partial charge in [-0.1, -0.05) is 11.6 Å². The average Bonchev–Trinajstić information content (AvgIpc) is 3.29. The van der Waals surface area contributed by atoms with Gasteiger partial charge in [0.15, 0.2) is 0 Å². The average molecular weight is 407 g/mol. The molecule has 1 aliphatic heterocycles. The van der Waals surface area contributed by atoms with Crippen LogP contribution in [-0.4, -0.2) is 59.1 Å². The number of nitrogens with zero attached hydrogens (tertiary/aromatic N) is 2. The first-order valence-electron chi connectivity index (χ1n) is 9.63. The predicted molar refractivity (Wildman–Crippen MR) is 106 cm³/mol. The van der Waals surface area contributed by atoms with Gasteiger partial charge in [0.1, 0.15) is 6.17 Å². The van der Waals surface area contributed by atoms with E-state index in [1.807, 2.05) is 24.3 Å². The van der Waals surface area contributed by atoms with E-state index in [0.29, 0.717) is 31.1 Å². The van der Waals surface area contributed by atoms with E-state index in [1.54, 1.807) is 16.8 Å². The molecule has 3 unspecified atom stereocenters. The van der Waals surface area contributed by atoms with Crippen LogP contribution >= 0.6 is 11.6 Å². The molecule has 8 heteroatoms. The summed E-state index contributed by atoms with van der Waals surface area (Å²) in [5.74, 6) is -0.573. The zero-order chi connectivity index (χ0) is 19.8. The molecule has 0 radical (unpaired) electrons. The molecule has 2 heterocycles. The number of halogens is 2. The highest BCUT2D eigenvalue weighted by Crippen LogP contribution is 2.36. The monoisotopic (exact) mass is 406 g/mol. The lowest BCUT2D eigenvalue weighted by molar-refractivity contribution is -0.134. The van der Waals surface area contributed by atoms with Gasteiger partial charge in [0.05, 0.1) is 18.5 Å². The Morgan fingerprint density at radius 3 is 2.93 bits per heavy atom. The van der Waals surface area contributed by atoms with Crippen LogP contribution < -0.4 is 5.32 Å². The van der Waals surface area contributed by atoms with Gasteiger partial charge in [-0.25, -0.2) is 9.18 Å². The number of nitrogens with one attached hydrogen (secondary N) is 2. The minimum atomic E-state index is -0.986. The van der Waals surface area contributed by atoms with Crippen LogP contribution in [-0.2, 0) is 11.3 Å². The van der Waals surface area contributed by atoms with Crippen LogP contribution in [0.15, 0.2) is 24.3 Å². The number of carbonyl (C=O) groups excluding carboxylic acids is 2. The van der Waals surface area contributed by atoms with Gasteiger partial charge in [-0.3, -0.25) is 4.79 Å². The largest absolute Gasteiger partial charge is 0.357 e. The third-order valence-corrected chi connectivity index (χ3v) is 5.91. The predicted octanol–water partition coefficient (Wildman–Crippen LogP) is 3.31. The number of likely N-dealkylation sites (tertiary alicyclic amines) is 1. The normalized spacial score (nSPS) is 24.2. The van der Waals surface area contributed by atoms with Gasteiger partial charge in [0.2, 0.25) is 5.91 Å². The van der Waals surface area contributed by atoms with Gasteiger partial charge in [0.25, 0.3) is 0 Å². The minimum Gasteiger partial charge on any atom is -0.357 e. The summed E-state index contributed by atoms with van der Waals surface area (Å²) in [5, 5.41) is 4.58. The number of likely N-dealkylation sites (N-methyl/N-ethyl adjacent to an activating group) is 1. The SMILES string of the molecule is CN(C(=O)NCc1cc2cc(Cl)ccc2[nH]1)C1CCCN(C(=O)C2CC2F)C1. The number of rotatable bonds is 4. The Kier molecular flexibility index (Phi) is 5.19. The lowest BCUT2D eigenvalue weighted by atomic mass is 10.0. The van der Waals surface area contributed by atoms with Crippen molar-refractivity contribution in [3.63, 3.8) is 0 Å². The number of urea groups is 1. The zero-order valence-electron chi connectivity index (χ0n) is 15.8. The summed E-state index contributed by atoms with van der Waals surface area (Å²) >= 11 is 6.01. The number of carbonyl (C=O) groups is 2. The van der Waals surface area contributed by atoms with Crippen molar-refractivity contribution in [1.29, 1.82) is 0 Å². The first kappa shape index (κ1) is 19.1. The molecule has 6 nitrogen and oxygen atoms in total. The molecular formula is C20H24ClFN4O2. The Balaban J connectivity index is 1.32. The molecule has 1 aliphatic carbocycles. The fourth-order valence-electron chi connectivity index (χ4n) is 3.85. The van der Waals surface area contributed by atoms with Gasteiger partial charge in [-0.15, -0.1) is 0 Å². The summed E-state index contributed by atoms with van der Waals surface area (Å²) in [6.45, 7) is 1.49. The van der Waals surface area contributed by atoms with Crippen molar-refractivity contribution in [3.05, 3.63) is 35.0 Å². The Morgan fingerprint density at radius 2 is 2.18 bits per heavy atom. The second-order valence-corrected chi connectivity index (χ2v) is 8.17. The van der Waals surface area contributed by atoms with E-state index < -0.39 is 12.1 Å². The number of aromatic amines is 1. The third-order valence-electron chi connectivity index (χ3n) is 5.67. The number of piperidine rings is 1. The lowest BCUT2D eigenvalue weighted by Gasteiger charge is -2.37. The molecule has 28 heavy (non-hydrogen) atoms. The number of H-pyrrole nitrogens is 1. The van der Waals surface area contributed by atoms with E-state index in [2.05, 4.69) is 10.3 Å². The van der Waals surface area contributed by atoms with Crippen molar-refractivity contribution in [1.82, 2.24) is 20.1 Å². The molecule has 2 aliphatic rings. The molecule has 150 valence electrons. The molecule has 0 spiro atoms. The van der Waals surface area contributed by atoms with Crippen LogP contribution in [0.1, 0.15) is 25.0 Å². The molecule has 2 fully saturated rings. The highest BCUT2D eigenvalue weighted by molar-refractivity contribution is 6.31. The Hall–Kier alpha value is -2.28. The molecule has 3 amide bonds. The maximum atomic E-state index is 13.2. The number of amides is 3. The molecule has 0 bridgehead atoms. The topological polar surface area (TPSA) is 68.4 Å². The summed E-state index contributed by atoms with van der Waals surface area (Å²) in [7, 11) is 1.74. The molecule has 1 aromatic carbocycles. The van der Waals surface area contributed by atoms with Crippen LogP contribution in [0, 0.1) is 5.92 Å². The van der Waals surface area contributed by atoms with Crippen molar-refractivity contribution >= 4 is 34.4 Å². The number of hydrogen-bond donors (Lipinski definition) is 2. The molecular weight excluding hydrogens is 383 g/mol. The number of fused-ring (bicyclic) bond motifs is 1. The number of alkyl halides is 1. The molecule has 1 saturated carbocycles. The molecule has 1 aromatic heterocycles. The first-order chi connectivity index (χ1) is 13.4. The summed E-state index contributed by atoms with van der Waals surface area (Å²) < 4.78 is 13.2. The Labute approximate surface area is 168 Å². The molecule has 3 atom stereocenters. The van der Waals surface area contributed by atoms with Crippen molar-refractivity contribution in [2.45, 2.75) is 38.0 Å². The van der Waals surface area contributed by atoms with Crippen LogP contribution in [0.3, 0.4) is 0 Å². The Bertz CT molecular complexity index is 901. The highest BCUT2D eigenvalue weighted by Gasteiger charge is 2.46. The summed E-state index contributed by atoms with van der Waals surface area (Å²) in [5.41, 5.74) is 1.86. The van der Waals surface area contributed by atoms with Gasteiger partial charge in [0, 0.05) is 41.8 Å². The molecule has 2 N–H and O–H groups in total. The minimum absolute atomic E-state index is 0.0592. The Morgan fingerprint density at radius 1 is 1.39 bits per heavy atom. The molecule has 2 aromatic rings. The number of aromatic nitrogens is 1. The lowest BCUT2D eigenvalue weighted by Crippen LogP contribution is -2.52. The van der Waals surface area contributed by atoms with Crippen molar-refractivity contribution < 1.29 is 14.0 Å². The van der Waals surface area contributed by atoms with Gasteiger partial charge in [-0.2, -0.15) is 0 Å². The number of benzene rings is 1. The summed E-state index contributed by atoms with van der Waals surface area (Å²) in [6, 6.07) is 7.32. The van der Waals surface area contributed by atoms with E-state index in [9.17, 15) is 14.0 Å². The van der Waals surface area contributed by atoms with E-state index in [4.69, 9.17) is 11.6 Å². The second kappa shape index (κ2) is 7.62.